The van der Waals surface area contributed by atoms with E-state index < -0.39 is 0 Å². The largest absolute Gasteiger partial charge is 0.373 e. The molecule has 0 atom stereocenters. The first-order chi connectivity index (χ1) is 9.16. The van der Waals surface area contributed by atoms with Gasteiger partial charge >= 0.3 is 0 Å². The molecule has 0 N–H and O–H groups in total. The highest BCUT2D eigenvalue weighted by atomic mass is 32.1. The number of ketones is 1. The number of benzene rings is 1. The summed E-state index contributed by atoms with van der Waals surface area (Å²) in [6.07, 6.45) is 0.873. The highest BCUT2D eigenvalue weighted by Crippen LogP contribution is 2.12. The van der Waals surface area contributed by atoms with Crippen LogP contribution in [-0.2, 0) is 11.2 Å². The topological polar surface area (TPSA) is 26.3 Å². The molecule has 2 nitrogen and oxygen atoms in total. The van der Waals surface area contributed by atoms with Gasteiger partial charge in [-0.3, -0.25) is 4.79 Å². The molecule has 0 bridgehead atoms. The van der Waals surface area contributed by atoms with Crippen LogP contribution in [0.1, 0.15) is 26.4 Å². The summed E-state index contributed by atoms with van der Waals surface area (Å²) in [5.74, 6) is 0.0590. The van der Waals surface area contributed by atoms with Gasteiger partial charge in [0.2, 0.25) is 0 Å². The molecule has 0 radical (unpaired) electrons. The second kappa shape index (κ2) is 6.64. The molecule has 1 aromatic carbocycles. The molecule has 1 heterocycles. The Bertz CT molecular complexity index is 544. The smallest absolute Gasteiger partial charge is 0.188 e. The first-order valence-corrected chi connectivity index (χ1v) is 7.25. The summed E-state index contributed by atoms with van der Waals surface area (Å²) in [5, 5.41) is 2.05. The number of carbonyl (C=O) groups excluding carboxylic acids is 1. The van der Waals surface area contributed by atoms with Gasteiger partial charge in [0.05, 0.1) is 6.61 Å². The minimum Gasteiger partial charge on any atom is -0.373 e. The molecule has 100 valence electrons. The zero-order chi connectivity index (χ0) is 13.7. The third-order valence-electron chi connectivity index (χ3n) is 2.99. The zero-order valence-electron chi connectivity index (χ0n) is 11.3. The molecule has 0 aliphatic carbocycles. The molecule has 0 aliphatic heterocycles. The zero-order valence-corrected chi connectivity index (χ0v) is 12.1. The lowest BCUT2D eigenvalue weighted by Gasteiger charge is -2.06. The van der Waals surface area contributed by atoms with Gasteiger partial charge in [-0.15, -0.1) is 11.3 Å². The number of rotatable bonds is 6. The van der Waals surface area contributed by atoms with Crippen molar-refractivity contribution >= 4 is 17.1 Å². The van der Waals surface area contributed by atoms with Crippen LogP contribution in [0.5, 0.6) is 0 Å². The summed E-state index contributed by atoms with van der Waals surface area (Å²) in [7, 11) is 0. The van der Waals surface area contributed by atoms with Crippen molar-refractivity contribution in [2.75, 3.05) is 13.2 Å². The van der Waals surface area contributed by atoms with Crippen molar-refractivity contribution in [2.45, 2.75) is 20.3 Å². The number of ether oxygens (including phenoxy) is 1. The highest BCUT2D eigenvalue weighted by molar-refractivity contribution is 7.09. The second-order valence-electron chi connectivity index (χ2n) is 4.62. The minimum absolute atomic E-state index is 0.0590. The molecule has 0 saturated heterocycles. The molecule has 3 heteroatoms. The fraction of sp³-hybridized carbons (Fsp3) is 0.312. The molecule has 0 spiro atoms. The Morgan fingerprint density at radius 3 is 2.79 bits per heavy atom. The average molecular weight is 274 g/mol. The molecule has 19 heavy (non-hydrogen) atoms. The summed E-state index contributed by atoms with van der Waals surface area (Å²) >= 11 is 1.72. The molecule has 0 unspecified atom stereocenters. The van der Waals surface area contributed by atoms with Crippen molar-refractivity contribution in [1.82, 2.24) is 0 Å². The van der Waals surface area contributed by atoms with Crippen LogP contribution in [0, 0.1) is 13.8 Å². The summed E-state index contributed by atoms with van der Waals surface area (Å²) in [5.41, 5.74) is 2.96. The predicted octanol–water partition coefficient (Wildman–Crippen LogP) is 3.81. The lowest BCUT2D eigenvalue weighted by atomic mass is 10.0. The fourth-order valence-corrected chi connectivity index (χ4v) is 2.69. The van der Waals surface area contributed by atoms with Crippen LogP contribution in [-0.4, -0.2) is 19.0 Å². The van der Waals surface area contributed by atoms with Crippen LogP contribution < -0.4 is 0 Å². The molecular weight excluding hydrogens is 256 g/mol. The highest BCUT2D eigenvalue weighted by Gasteiger charge is 2.09. The number of hydrogen-bond donors (Lipinski definition) is 0. The van der Waals surface area contributed by atoms with Gasteiger partial charge in [-0.1, -0.05) is 29.8 Å². The van der Waals surface area contributed by atoms with E-state index >= 15 is 0 Å². The quantitative estimate of drug-likeness (QED) is 0.591. The maximum Gasteiger partial charge on any atom is 0.188 e. The van der Waals surface area contributed by atoms with E-state index in [1.54, 1.807) is 11.3 Å². The van der Waals surface area contributed by atoms with E-state index in [1.807, 2.05) is 38.1 Å². The summed E-state index contributed by atoms with van der Waals surface area (Å²) < 4.78 is 5.47. The Labute approximate surface area is 118 Å². The van der Waals surface area contributed by atoms with Gasteiger partial charge in [-0.2, -0.15) is 0 Å². The maximum absolute atomic E-state index is 12.0. The van der Waals surface area contributed by atoms with Crippen molar-refractivity contribution in [3.63, 3.8) is 0 Å². The van der Waals surface area contributed by atoms with Crippen molar-refractivity contribution < 1.29 is 9.53 Å². The van der Waals surface area contributed by atoms with Crippen molar-refractivity contribution in [3.05, 3.63) is 57.3 Å². The third-order valence-corrected chi connectivity index (χ3v) is 3.92. The number of carbonyl (C=O) groups is 1. The van der Waals surface area contributed by atoms with Crippen LogP contribution in [0.2, 0.25) is 0 Å². The normalized spacial score (nSPS) is 10.6. The van der Waals surface area contributed by atoms with E-state index in [0.29, 0.717) is 6.61 Å². The Hall–Kier alpha value is -1.45. The lowest BCUT2D eigenvalue weighted by molar-refractivity contribution is 0.0765. The molecule has 0 fully saturated rings. The van der Waals surface area contributed by atoms with Crippen LogP contribution in [0.25, 0.3) is 0 Å². The molecule has 2 rings (SSSR count). The van der Waals surface area contributed by atoms with E-state index in [9.17, 15) is 4.79 Å². The molecule has 0 saturated carbocycles. The van der Waals surface area contributed by atoms with Crippen LogP contribution in [0.15, 0.2) is 35.7 Å². The summed E-state index contributed by atoms with van der Waals surface area (Å²) in [4.78, 5) is 13.3. The van der Waals surface area contributed by atoms with Gasteiger partial charge in [-0.25, -0.2) is 0 Å². The minimum atomic E-state index is 0.0590. The van der Waals surface area contributed by atoms with Gasteiger partial charge in [-0.05, 0) is 30.9 Å². The third kappa shape index (κ3) is 4.01. The van der Waals surface area contributed by atoms with E-state index in [2.05, 4.69) is 11.4 Å². The second-order valence-corrected chi connectivity index (χ2v) is 5.66. The van der Waals surface area contributed by atoms with Crippen molar-refractivity contribution in [2.24, 2.45) is 0 Å². The average Bonchev–Trinajstić information content (AvgIpc) is 2.87. The SMILES string of the molecule is Cc1ccc(C(=O)COCCc2cccs2)c(C)c1. The summed E-state index contributed by atoms with van der Waals surface area (Å²) in [6.45, 7) is 4.75. The Morgan fingerprint density at radius 2 is 2.11 bits per heavy atom. The first-order valence-electron chi connectivity index (χ1n) is 6.37. The van der Waals surface area contributed by atoms with Crippen LogP contribution in [0.4, 0.5) is 0 Å². The number of Topliss-reactive ketones (excluding diaryl/α,β-unsaturated/α-hetero) is 1. The van der Waals surface area contributed by atoms with Gasteiger partial charge in [0, 0.05) is 16.9 Å². The van der Waals surface area contributed by atoms with Crippen molar-refractivity contribution in [3.8, 4) is 0 Å². The van der Waals surface area contributed by atoms with Crippen LogP contribution in [0.3, 0.4) is 0 Å². The molecular formula is C16H18O2S. The van der Waals surface area contributed by atoms with E-state index in [4.69, 9.17) is 4.74 Å². The number of hydrogen-bond acceptors (Lipinski definition) is 3. The fourth-order valence-electron chi connectivity index (χ4n) is 2.00. The predicted molar refractivity (Wildman–Crippen MR) is 79.1 cm³/mol. The first kappa shape index (κ1) is 14.0. The van der Waals surface area contributed by atoms with Gasteiger partial charge in [0.15, 0.2) is 5.78 Å². The number of thiophene rings is 1. The van der Waals surface area contributed by atoms with Gasteiger partial charge < -0.3 is 4.74 Å². The summed E-state index contributed by atoms with van der Waals surface area (Å²) in [6, 6.07) is 9.99. The van der Waals surface area contributed by atoms with E-state index in [0.717, 1.165) is 17.5 Å². The van der Waals surface area contributed by atoms with Gasteiger partial charge in [0.1, 0.15) is 6.61 Å². The molecule has 1 aromatic heterocycles. The Balaban J connectivity index is 1.81. The number of aryl methyl sites for hydroxylation is 2. The standard InChI is InChI=1S/C16H18O2S/c1-12-5-6-15(13(2)10-12)16(17)11-18-8-7-14-4-3-9-19-14/h3-6,9-10H,7-8,11H2,1-2H3. The molecule has 0 aliphatic rings. The van der Waals surface area contributed by atoms with Crippen LogP contribution >= 0.6 is 11.3 Å². The molecule has 2 aromatic rings. The lowest BCUT2D eigenvalue weighted by Crippen LogP contribution is -2.12. The maximum atomic E-state index is 12.0. The van der Waals surface area contributed by atoms with Gasteiger partial charge in [0.25, 0.3) is 0 Å². The Kier molecular flexibility index (Phi) is 4.88. The Morgan fingerprint density at radius 1 is 1.26 bits per heavy atom. The molecule has 0 amide bonds. The van der Waals surface area contributed by atoms with Crippen molar-refractivity contribution in [1.29, 1.82) is 0 Å². The van der Waals surface area contributed by atoms with E-state index in [-0.39, 0.29) is 12.4 Å². The monoisotopic (exact) mass is 274 g/mol. The van der Waals surface area contributed by atoms with E-state index in [1.165, 1.54) is 10.4 Å².